The van der Waals surface area contributed by atoms with E-state index in [1.54, 1.807) is 6.07 Å². The van der Waals surface area contributed by atoms with Crippen molar-refractivity contribution >= 4 is 5.91 Å². The van der Waals surface area contributed by atoms with E-state index in [1.807, 2.05) is 20.8 Å². The van der Waals surface area contributed by atoms with Gasteiger partial charge < -0.3 is 9.73 Å². The van der Waals surface area contributed by atoms with Crippen LogP contribution in [0.5, 0.6) is 0 Å². The number of carbonyl (C=O) groups is 1. The molecule has 20 heavy (non-hydrogen) atoms. The maximum atomic E-state index is 12.3. The maximum absolute atomic E-state index is 12.3. The first kappa shape index (κ1) is 14.4. The van der Waals surface area contributed by atoms with Gasteiger partial charge in [0.05, 0.1) is 11.6 Å². The van der Waals surface area contributed by atoms with Crippen LogP contribution in [-0.2, 0) is 0 Å². The second-order valence-electron chi connectivity index (χ2n) is 5.38. The Labute approximate surface area is 120 Å². The second-order valence-corrected chi connectivity index (χ2v) is 5.38. The molecule has 3 heteroatoms. The van der Waals surface area contributed by atoms with Crippen molar-refractivity contribution in [2.45, 2.75) is 40.7 Å². The van der Waals surface area contributed by atoms with Crippen LogP contribution in [-0.4, -0.2) is 5.91 Å². The fourth-order valence-corrected chi connectivity index (χ4v) is 2.52. The van der Waals surface area contributed by atoms with Crippen LogP contribution in [0.3, 0.4) is 0 Å². The molecule has 2 aromatic rings. The molecule has 1 amide bonds. The summed E-state index contributed by atoms with van der Waals surface area (Å²) >= 11 is 0. The lowest BCUT2D eigenvalue weighted by Gasteiger charge is -2.17. The van der Waals surface area contributed by atoms with E-state index in [0.29, 0.717) is 11.3 Å². The summed E-state index contributed by atoms with van der Waals surface area (Å²) in [6.45, 7) is 9.79. The molecule has 3 nitrogen and oxygen atoms in total. The van der Waals surface area contributed by atoms with Gasteiger partial charge in [-0.25, -0.2) is 0 Å². The molecule has 1 N–H and O–H groups in total. The summed E-state index contributed by atoms with van der Waals surface area (Å²) in [5, 5.41) is 3.03. The Balaban J connectivity index is 2.17. The normalized spacial score (nSPS) is 12.2. The van der Waals surface area contributed by atoms with Crippen LogP contribution >= 0.6 is 0 Å². The minimum atomic E-state index is -0.0909. The van der Waals surface area contributed by atoms with Crippen LogP contribution in [0.2, 0.25) is 0 Å². The van der Waals surface area contributed by atoms with Crippen LogP contribution in [0.25, 0.3) is 0 Å². The first-order valence-electron chi connectivity index (χ1n) is 6.83. The standard InChI is InChI=1S/C17H21NO2/c1-10-6-7-15(11(2)8-10)13(4)18-17(19)16-9-12(3)20-14(16)5/h6-9,13H,1-5H3,(H,18,19)/t13-/m0/s1. The highest BCUT2D eigenvalue weighted by molar-refractivity contribution is 5.95. The molecule has 0 saturated heterocycles. The lowest BCUT2D eigenvalue weighted by molar-refractivity contribution is 0.0938. The predicted molar refractivity (Wildman–Crippen MR) is 80.0 cm³/mol. The number of nitrogens with one attached hydrogen (secondary N) is 1. The zero-order valence-electron chi connectivity index (χ0n) is 12.7. The van der Waals surface area contributed by atoms with Crippen molar-refractivity contribution in [1.29, 1.82) is 0 Å². The molecule has 0 spiro atoms. The minimum absolute atomic E-state index is 0.0299. The number of furan rings is 1. The zero-order chi connectivity index (χ0) is 14.9. The van der Waals surface area contributed by atoms with Crippen molar-refractivity contribution in [2.75, 3.05) is 0 Å². The van der Waals surface area contributed by atoms with Crippen LogP contribution in [0.1, 0.15) is 51.5 Å². The maximum Gasteiger partial charge on any atom is 0.255 e. The molecule has 0 aliphatic carbocycles. The van der Waals surface area contributed by atoms with Crippen molar-refractivity contribution in [2.24, 2.45) is 0 Å². The van der Waals surface area contributed by atoms with Gasteiger partial charge in [0.15, 0.2) is 0 Å². The van der Waals surface area contributed by atoms with Crippen LogP contribution in [0, 0.1) is 27.7 Å². The number of hydrogen-bond acceptors (Lipinski definition) is 2. The molecule has 1 aromatic carbocycles. The first-order valence-corrected chi connectivity index (χ1v) is 6.83. The molecular weight excluding hydrogens is 250 g/mol. The summed E-state index contributed by atoms with van der Waals surface area (Å²) in [5.74, 6) is 1.33. The van der Waals surface area contributed by atoms with Gasteiger partial charge in [-0.15, -0.1) is 0 Å². The average molecular weight is 271 g/mol. The fourth-order valence-electron chi connectivity index (χ4n) is 2.52. The molecular formula is C17H21NO2. The van der Waals surface area contributed by atoms with E-state index >= 15 is 0 Å². The number of hydrogen-bond donors (Lipinski definition) is 1. The summed E-state index contributed by atoms with van der Waals surface area (Å²) in [6.07, 6.45) is 0. The molecule has 1 heterocycles. The lowest BCUT2D eigenvalue weighted by atomic mass is 10.00. The molecule has 2 rings (SSSR count). The van der Waals surface area contributed by atoms with Gasteiger partial charge in [-0.3, -0.25) is 4.79 Å². The highest BCUT2D eigenvalue weighted by Gasteiger charge is 2.17. The molecule has 0 bridgehead atoms. The molecule has 0 aliphatic heterocycles. The van der Waals surface area contributed by atoms with Crippen LogP contribution < -0.4 is 5.32 Å². The van der Waals surface area contributed by atoms with Gasteiger partial charge in [-0.1, -0.05) is 23.8 Å². The van der Waals surface area contributed by atoms with Crippen molar-refractivity contribution in [3.05, 3.63) is 58.0 Å². The average Bonchev–Trinajstić information content (AvgIpc) is 2.68. The molecule has 1 atom stereocenters. The number of amides is 1. The monoisotopic (exact) mass is 271 g/mol. The Bertz CT molecular complexity index is 640. The van der Waals surface area contributed by atoms with E-state index in [4.69, 9.17) is 4.42 Å². The van der Waals surface area contributed by atoms with Crippen molar-refractivity contribution in [3.63, 3.8) is 0 Å². The third-order valence-electron chi connectivity index (χ3n) is 3.53. The summed E-state index contributed by atoms with van der Waals surface area (Å²) < 4.78 is 5.40. The van der Waals surface area contributed by atoms with Crippen molar-refractivity contribution in [3.8, 4) is 0 Å². The predicted octanol–water partition coefficient (Wildman–Crippen LogP) is 4.00. The smallest absolute Gasteiger partial charge is 0.255 e. The Morgan fingerprint density at radius 1 is 1.15 bits per heavy atom. The summed E-state index contributed by atoms with van der Waals surface area (Å²) in [5.41, 5.74) is 4.17. The van der Waals surface area contributed by atoms with Gasteiger partial charge in [-0.2, -0.15) is 0 Å². The third kappa shape index (κ3) is 2.93. The van der Waals surface area contributed by atoms with Crippen molar-refractivity contribution < 1.29 is 9.21 Å². The van der Waals surface area contributed by atoms with Gasteiger partial charge in [0.2, 0.25) is 0 Å². The molecule has 0 aliphatic rings. The van der Waals surface area contributed by atoms with E-state index in [2.05, 4.69) is 37.4 Å². The summed E-state index contributed by atoms with van der Waals surface area (Å²) in [4.78, 5) is 12.3. The number of aryl methyl sites for hydroxylation is 4. The number of carbonyl (C=O) groups excluding carboxylic acids is 1. The van der Waals surface area contributed by atoms with Gasteiger partial charge in [0.1, 0.15) is 11.5 Å². The molecule has 1 aromatic heterocycles. The van der Waals surface area contributed by atoms with Gasteiger partial charge in [0.25, 0.3) is 5.91 Å². The molecule has 0 fully saturated rings. The number of rotatable bonds is 3. The molecule has 0 saturated carbocycles. The summed E-state index contributed by atoms with van der Waals surface area (Å²) in [7, 11) is 0. The van der Waals surface area contributed by atoms with E-state index in [1.165, 1.54) is 11.1 Å². The Morgan fingerprint density at radius 3 is 2.40 bits per heavy atom. The SMILES string of the molecule is Cc1ccc([C@H](C)NC(=O)c2cc(C)oc2C)c(C)c1. The molecule has 0 unspecified atom stereocenters. The van der Waals surface area contributed by atoms with Crippen LogP contribution in [0.4, 0.5) is 0 Å². The van der Waals surface area contributed by atoms with E-state index in [9.17, 15) is 4.79 Å². The van der Waals surface area contributed by atoms with Gasteiger partial charge >= 0.3 is 0 Å². The first-order chi connectivity index (χ1) is 9.38. The van der Waals surface area contributed by atoms with E-state index in [-0.39, 0.29) is 11.9 Å². The summed E-state index contributed by atoms with van der Waals surface area (Å²) in [6, 6.07) is 8.02. The van der Waals surface area contributed by atoms with Crippen LogP contribution in [0.15, 0.2) is 28.7 Å². The van der Waals surface area contributed by atoms with Crippen molar-refractivity contribution in [1.82, 2.24) is 5.32 Å². The third-order valence-corrected chi connectivity index (χ3v) is 3.53. The Hall–Kier alpha value is -2.03. The quantitative estimate of drug-likeness (QED) is 0.916. The van der Waals surface area contributed by atoms with E-state index in [0.717, 1.165) is 11.3 Å². The topological polar surface area (TPSA) is 42.2 Å². The molecule has 106 valence electrons. The Kier molecular flexibility index (Phi) is 3.98. The highest BCUT2D eigenvalue weighted by atomic mass is 16.3. The van der Waals surface area contributed by atoms with Gasteiger partial charge in [0, 0.05) is 0 Å². The van der Waals surface area contributed by atoms with Gasteiger partial charge in [-0.05, 0) is 51.8 Å². The zero-order valence-corrected chi connectivity index (χ0v) is 12.7. The largest absolute Gasteiger partial charge is 0.466 e. The Morgan fingerprint density at radius 2 is 1.85 bits per heavy atom. The number of benzene rings is 1. The minimum Gasteiger partial charge on any atom is -0.466 e. The molecule has 0 radical (unpaired) electrons. The van der Waals surface area contributed by atoms with E-state index < -0.39 is 0 Å². The lowest BCUT2D eigenvalue weighted by Crippen LogP contribution is -2.27. The highest BCUT2D eigenvalue weighted by Crippen LogP contribution is 2.20. The second kappa shape index (κ2) is 5.53. The fraction of sp³-hybridized carbons (Fsp3) is 0.353.